The predicted molar refractivity (Wildman–Crippen MR) is 110 cm³/mol. The summed E-state index contributed by atoms with van der Waals surface area (Å²) in [7, 11) is 0. The Bertz CT molecular complexity index is 1050. The maximum Gasteiger partial charge on any atom is 0.330 e. The molecule has 2 aromatic carbocycles. The molecule has 1 N–H and O–H groups in total. The molecule has 0 radical (unpaired) electrons. The number of esters is 1. The first kappa shape index (κ1) is 19.9. The van der Waals surface area contributed by atoms with E-state index in [0.29, 0.717) is 23.6 Å². The molecule has 0 saturated heterocycles. The number of pyridine rings is 1. The summed E-state index contributed by atoms with van der Waals surface area (Å²) in [6, 6.07) is 18.0. The number of rotatable bonds is 6. The highest BCUT2D eigenvalue weighted by Crippen LogP contribution is 2.19. The van der Waals surface area contributed by atoms with Crippen LogP contribution in [0.1, 0.15) is 23.0 Å². The van der Waals surface area contributed by atoms with E-state index >= 15 is 0 Å². The quantitative estimate of drug-likeness (QED) is 0.489. The highest BCUT2D eigenvalue weighted by molar-refractivity contribution is 6.03. The Hall–Kier alpha value is -3.80. The number of nitrogens with zero attached hydrogens (tertiary/aromatic N) is 1. The van der Waals surface area contributed by atoms with E-state index < -0.39 is 5.97 Å². The Kier molecular flexibility index (Phi) is 6.47. The van der Waals surface area contributed by atoms with Gasteiger partial charge in [0.05, 0.1) is 12.3 Å². The molecule has 3 rings (SSSR count). The summed E-state index contributed by atoms with van der Waals surface area (Å²) in [5.74, 6) is -1.14. The van der Waals surface area contributed by atoms with Crippen LogP contribution in [0, 0.1) is 5.82 Å². The average molecular weight is 390 g/mol. The minimum absolute atomic E-state index is 0.235. The highest BCUT2D eigenvalue weighted by Gasteiger charge is 2.10. The zero-order valence-corrected chi connectivity index (χ0v) is 15.8. The average Bonchev–Trinajstić information content (AvgIpc) is 2.73. The van der Waals surface area contributed by atoms with Gasteiger partial charge in [-0.2, -0.15) is 0 Å². The van der Waals surface area contributed by atoms with E-state index in [2.05, 4.69) is 10.3 Å². The van der Waals surface area contributed by atoms with Gasteiger partial charge in [-0.1, -0.05) is 18.2 Å². The van der Waals surface area contributed by atoms with Gasteiger partial charge in [-0.05, 0) is 67.1 Å². The lowest BCUT2D eigenvalue weighted by Gasteiger charge is -2.07. The number of carbonyl (C=O) groups is 2. The fraction of sp³-hybridized carbons (Fsp3) is 0.0870. The third-order valence-electron chi connectivity index (χ3n) is 3.96. The minimum Gasteiger partial charge on any atom is -0.463 e. The van der Waals surface area contributed by atoms with Crippen LogP contribution in [-0.2, 0) is 9.53 Å². The molecule has 3 aromatic rings. The fourth-order valence-corrected chi connectivity index (χ4v) is 2.61. The van der Waals surface area contributed by atoms with Gasteiger partial charge in [-0.15, -0.1) is 0 Å². The van der Waals surface area contributed by atoms with Crippen LogP contribution in [0.5, 0.6) is 0 Å². The van der Waals surface area contributed by atoms with Gasteiger partial charge in [0.1, 0.15) is 11.5 Å². The van der Waals surface area contributed by atoms with Gasteiger partial charge in [0.25, 0.3) is 5.91 Å². The van der Waals surface area contributed by atoms with E-state index in [0.717, 1.165) is 5.56 Å². The molecular weight excluding hydrogens is 371 g/mol. The molecule has 6 heteroatoms. The highest BCUT2D eigenvalue weighted by atomic mass is 19.1. The Labute approximate surface area is 167 Å². The van der Waals surface area contributed by atoms with Crippen LogP contribution in [-0.4, -0.2) is 23.5 Å². The third-order valence-corrected chi connectivity index (χ3v) is 3.96. The van der Waals surface area contributed by atoms with E-state index in [-0.39, 0.29) is 17.4 Å². The molecule has 1 aromatic heterocycles. The molecule has 0 saturated carbocycles. The van der Waals surface area contributed by atoms with Crippen molar-refractivity contribution >= 4 is 23.6 Å². The van der Waals surface area contributed by atoms with Crippen molar-refractivity contribution < 1.29 is 18.7 Å². The van der Waals surface area contributed by atoms with Gasteiger partial charge in [0.15, 0.2) is 0 Å². The molecule has 0 fully saturated rings. The zero-order chi connectivity index (χ0) is 20.6. The molecule has 146 valence electrons. The monoisotopic (exact) mass is 390 g/mol. The molecule has 0 aliphatic carbocycles. The lowest BCUT2D eigenvalue weighted by atomic mass is 10.1. The largest absolute Gasteiger partial charge is 0.463 e. The fourth-order valence-electron chi connectivity index (χ4n) is 2.61. The minimum atomic E-state index is -0.427. The molecular formula is C23H19FN2O3. The molecule has 1 heterocycles. The van der Waals surface area contributed by atoms with Crippen molar-refractivity contribution in [2.75, 3.05) is 11.9 Å². The first-order valence-electron chi connectivity index (χ1n) is 9.04. The summed E-state index contributed by atoms with van der Waals surface area (Å²) in [5, 5.41) is 2.79. The first-order chi connectivity index (χ1) is 14.0. The summed E-state index contributed by atoms with van der Waals surface area (Å²) < 4.78 is 18.0. The molecule has 29 heavy (non-hydrogen) atoms. The topological polar surface area (TPSA) is 68.3 Å². The summed E-state index contributed by atoms with van der Waals surface area (Å²) in [4.78, 5) is 28.4. The Morgan fingerprint density at radius 1 is 1.07 bits per heavy atom. The maximum absolute atomic E-state index is 13.1. The van der Waals surface area contributed by atoms with Gasteiger partial charge in [0, 0.05) is 17.3 Å². The van der Waals surface area contributed by atoms with Crippen LogP contribution >= 0.6 is 0 Å². The molecule has 0 aliphatic rings. The molecule has 0 aliphatic heterocycles. The second-order valence-electron chi connectivity index (χ2n) is 6.08. The van der Waals surface area contributed by atoms with Crippen molar-refractivity contribution in [3.05, 3.63) is 89.9 Å². The van der Waals surface area contributed by atoms with Crippen LogP contribution in [0.4, 0.5) is 10.1 Å². The number of carbonyl (C=O) groups excluding carboxylic acids is 2. The van der Waals surface area contributed by atoms with Crippen LogP contribution in [0.2, 0.25) is 0 Å². The maximum atomic E-state index is 13.1. The van der Waals surface area contributed by atoms with Crippen molar-refractivity contribution in [2.45, 2.75) is 6.92 Å². The molecule has 5 nitrogen and oxygen atoms in total. The number of nitrogens with one attached hydrogen (secondary N) is 1. The Morgan fingerprint density at radius 3 is 2.59 bits per heavy atom. The number of anilines is 1. The van der Waals surface area contributed by atoms with Crippen molar-refractivity contribution in [2.24, 2.45) is 0 Å². The number of amides is 1. The summed E-state index contributed by atoms with van der Waals surface area (Å²) >= 11 is 0. The van der Waals surface area contributed by atoms with E-state index in [1.807, 2.05) is 0 Å². The van der Waals surface area contributed by atoms with Gasteiger partial charge in [-0.3, -0.25) is 4.79 Å². The van der Waals surface area contributed by atoms with Crippen molar-refractivity contribution in [1.29, 1.82) is 0 Å². The Morgan fingerprint density at radius 2 is 1.83 bits per heavy atom. The standard InChI is InChI=1S/C23H19FN2O3/c1-2-29-22(27)14-9-16-5-3-6-19(15-16)25-23(28)21-8-4-7-20(26-21)17-10-12-18(24)13-11-17/h3-15H,2H2,1H3,(H,25,28). The van der Waals surface area contributed by atoms with Crippen molar-refractivity contribution in [3.63, 3.8) is 0 Å². The van der Waals surface area contributed by atoms with Gasteiger partial charge in [-0.25, -0.2) is 14.2 Å². The van der Waals surface area contributed by atoms with Crippen LogP contribution in [0.15, 0.2) is 72.8 Å². The number of hydrogen-bond donors (Lipinski definition) is 1. The van der Waals surface area contributed by atoms with E-state index in [1.54, 1.807) is 67.6 Å². The molecule has 0 atom stereocenters. The SMILES string of the molecule is CCOC(=O)C=Cc1cccc(NC(=O)c2cccc(-c3ccc(F)cc3)n2)c1. The summed E-state index contributed by atoms with van der Waals surface area (Å²) in [5.41, 5.74) is 2.83. The van der Waals surface area contributed by atoms with Crippen LogP contribution < -0.4 is 5.32 Å². The number of hydrogen-bond acceptors (Lipinski definition) is 4. The smallest absolute Gasteiger partial charge is 0.330 e. The lowest BCUT2D eigenvalue weighted by Crippen LogP contribution is -2.13. The van der Waals surface area contributed by atoms with E-state index in [9.17, 15) is 14.0 Å². The molecule has 0 unspecified atom stereocenters. The van der Waals surface area contributed by atoms with Gasteiger partial charge in [0.2, 0.25) is 0 Å². The zero-order valence-electron chi connectivity index (χ0n) is 15.8. The summed E-state index contributed by atoms with van der Waals surface area (Å²) in [6.45, 7) is 2.05. The number of benzene rings is 2. The van der Waals surface area contributed by atoms with Gasteiger partial charge >= 0.3 is 5.97 Å². The Balaban J connectivity index is 1.74. The third kappa shape index (κ3) is 5.59. The van der Waals surface area contributed by atoms with Crippen LogP contribution in [0.25, 0.3) is 17.3 Å². The lowest BCUT2D eigenvalue weighted by molar-refractivity contribution is -0.137. The second kappa shape index (κ2) is 9.41. The second-order valence-corrected chi connectivity index (χ2v) is 6.08. The van der Waals surface area contributed by atoms with Crippen molar-refractivity contribution in [3.8, 4) is 11.3 Å². The molecule has 0 bridgehead atoms. The molecule has 1 amide bonds. The van der Waals surface area contributed by atoms with E-state index in [1.165, 1.54) is 18.2 Å². The van der Waals surface area contributed by atoms with Crippen molar-refractivity contribution in [1.82, 2.24) is 4.98 Å². The van der Waals surface area contributed by atoms with Crippen LogP contribution in [0.3, 0.4) is 0 Å². The number of aromatic nitrogens is 1. The number of ether oxygens (including phenoxy) is 1. The predicted octanol–water partition coefficient (Wildman–Crippen LogP) is 4.72. The normalized spacial score (nSPS) is 10.7. The number of halogens is 1. The summed E-state index contributed by atoms with van der Waals surface area (Å²) in [6.07, 6.45) is 2.94. The van der Waals surface area contributed by atoms with Gasteiger partial charge < -0.3 is 10.1 Å². The molecule has 0 spiro atoms. The first-order valence-corrected chi connectivity index (χ1v) is 9.04. The van der Waals surface area contributed by atoms with E-state index in [4.69, 9.17) is 4.74 Å².